The van der Waals surface area contributed by atoms with Gasteiger partial charge in [0.25, 0.3) is 5.91 Å². The smallest absolute Gasteiger partial charge is 0.411 e. The van der Waals surface area contributed by atoms with Crippen LogP contribution in [0.1, 0.15) is 48.7 Å². The minimum atomic E-state index is -4.38. The fraction of sp³-hybridized carbons (Fsp3) is 0.640. The Morgan fingerprint density at radius 2 is 1.92 bits per heavy atom. The number of rotatable bonds is 12. The molecule has 0 aliphatic heterocycles. The molecule has 0 radical (unpaired) electrons. The van der Waals surface area contributed by atoms with Crippen LogP contribution in [0.15, 0.2) is 12.3 Å². The Kier molecular flexibility index (Phi) is 10.2. The fourth-order valence-electron chi connectivity index (χ4n) is 4.74. The van der Waals surface area contributed by atoms with Gasteiger partial charge in [-0.15, -0.1) is 0 Å². The topological polar surface area (TPSA) is 124 Å². The van der Waals surface area contributed by atoms with Gasteiger partial charge in [0.05, 0.1) is 30.2 Å². The van der Waals surface area contributed by atoms with Crippen molar-refractivity contribution in [2.24, 2.45) is 5.92 Å². The van der Waals surface area contributed by atoms with Crippen LogP contribution in [0.4, 0.5) is 19.0 Å². The van der Waals surface area contributed by atoms with E-state index in [1.165, 1.54) is 13.4 Å². The first-order valence-electron chi connectivity index (χ1n) is 12.8. The average molecular weight is 576 g/mol. The molecule has 14 heteroatoms. The van der Waals surface area contributed by atoms with Gasteiger partial charge in [-0.3, -0.25) is 9.48 Å². The SMILES string of the molecule is CCn1nc(C(=O)NCC2CCC(S(C)(=O)=O)CC2)c(C)c1-c1cnc(NCCOCC(F)(F)F)cc1OC. The van der Waals surface area contributed by atoms with Gasteiger partial charge >= 0.3 is 6.18 Å². The summed E-state index contributed by atoms with van der Waals surface area (Å²) in [6, 6.07) is 1.62. The molecule has 1 fully saturated rings. The summed E-state index contributed by atoms with van der Waals surface area (Å²) in [5.74, 6) is 0.754. The van der Waals surface area contributed by atoms with E-state index in [0.717, 1.165) is 12.8 Å². The quantitative estimate of drug-likeness (QED) is 0.368. The van der Waals surface area contributed by atoms with Crippen LogP contribution in [-0.4, -0.2) is 80.2 Å². The number of halogens is 3. The lowest BCUT2D eigenvalue weighted by Crippen LogP contribution is -2.34. The maximum Gasteiger partial charge on any atom is 0.411 e. The molecule has 0 bridgehead atoms. The zero-order valence-corrected chi connectivity index (χ0v) is 23.4. The van der Waals surface area contributed by atoms with Crippen molar-refractivity contribution in [1.29, 1.82) is 0 Å². The van der Waals surface area contributed by atoms with E-state index in [1.54, 1.807) is 23.9 Å². The molecule has 3 rings (SSSR count). The number of methoxy groups -OCH3 is 1. The molecular formula is C25H36F3N5O5S. The molecule has 1 amide bonds. The van der Waals surface area contributed by atoms with E-state index >= 15 is 0 Å². The minimum absolute atomic E-state index is 0.123. The largest absolute Gasteiger partial charge is 0.496 e. The second kappa shape index (κ2) is 13.0. The summed E-state index contributed by atoms with van der Waals surface area (Å²) in [6.07, 6.45) is 1.15. The van der Waals surface area contributed by atoms with Gasteiger partial charge in [-0.05, 0) is 45.4 Å². The van der Waals surface area contributed by atoms with Crippen molar-refractivity contribution in [1.82, 2.24) is 20.1 Å². The third-order valence-corrected chi connectivity index (χ3v) is 8.50. The van der Waals surface area contributed by atoms with Crippen molar-refractivity contribution in [2.75, 3.05) is 45.0 Å². The predicted octanol–water partition coefficient (Wildman–Crippen LogP) is 3.61. The molecule has 0 spiro atoms. The second-order valence-corrected chi connectivity index (χ2v) is 12.0. The van der Waals surface area contributed by atoms with Gasteiger partial charge in [0.1, 0.15) is 28.0 Å². The zero-order valence-electron chi connectivity index (χ0n) is 22.6. The highest BCUT2D eigenvalue weighted by atomic mass is 32.2. The van der Waals surface area contributed by atoms with Gasteiger partial charge in [0.15, 0.2) is 5.69 Å². The molecule has 1 aliphatic rings. The summed E-state index contributed by atoms with van der Waals surface area (Å²) in [7, 11) is -1.55. The first-order chi connectivity index (χ1) is 18.3. The van der Waals surface area contributed by atoms with E-state index in [0.29, 0.717) is 54.3 Å². The molecule has 2 aromatic heterocycles. The summed E-state index contributed by atoms with van der Waals surface area (Å²) in [5.41, 5.74) is 2.21. The summed E-state index contributed by atoms with van der Waals surface area (Å²) < 4.78 is 72.0. The molecule has 2 aromatic rings. The standard InChI is InChI=1S/C25H36F3N5O5S/c1-5-33-23(19-14-30-21(12-20(19)37-3)29-10-11-38-15-25(26,27)28)16(2)22(32-33)24(34)31-13-17-6-8-18(9-7-17)39(4,35)36/h12,14,17-18H,5-11,13,15H2,1-4H3,(H,29,30)(H,31,34). The molecule has 0 aromatic carbocycles. The van der Waals surface area contributed by atoms with E-state index in [1.807, 2.05) is 6.92 Å². The molecule has 2 heterocycles. The number of hydrogen-bond acceptors (Lipinski definition) is 8. The zero-order chi connectivity index (χ0) is 28.8. The van der Waals surface area contributed by atoms with Crippen LogP contribution in [0.5, 0.6) is 5.75 Å². The molecule has 0 saturated heterocycles. The summed E-state index contributed by atoms with van der Waals surface area (Å²) in [6.45, 7) is 3.28. The number of sulfone groups is 1. The molecule has 0 atom stereocenters. The molecule has 1 aliphatic carbocycles. The summed E-state index contributed by atoms with van der Waals surface area (Å²) in [5, 5.41) is 10.1. The Morgan fingerprint density at radius 1 is 1.23 bits per heavy atom. The van der Waals surface area contributed by atoms with Crippen molar-refractivity contribution < 1.29 is 35.9 Å². The highest BCUT2D eigenvalue weighted by Crippen LogP contribution is 2.35. The Labute approximate surface area is 226 Å². The van der Waals surface area contributed by atoms with Crippen molar-refractivity contribution in [3.05, 3.63) is 23.5 Å². The summed E-state index contributed by atoms with van der Waals surface area (Å²) >= 11 is 0. The molecule has 218 valence electrons. The number of pyridine rings is 1. The maximum absolute atomic E-state index is 13.1. The van der Waals surface area contributed by atoms with E-state index in [-0.39, 0.29) is 35.9 Å². The number of anilines is 1. The van der Waals surface area contributed by atoms with Gasteiger partial charge in [0.2, 0.25) is 0 Å². The third-order valence-electron chi connectivity index (χ3n) is 6.81. The van der Waals surface area contributed by atoms with E-state index in [4.69, 9.17) is 4.74 Å². The average Bonchev–Trinajstić information content (AvgIpc) is 3.22. The van der Waals surface area contributed by atoms with Gasteiger partial charge in [0, 0.05) is 43.7 Å². The van der Waals surface area contributed by atoms with Crippen molar-refractivity contribution in [3.8, 4) is 17.0 Å². The maximum atomic E-state index is 13.1. The first kappa shape index (κ1) is 30.7. The Bertz CT molecular complexity index is 1240. The lowest BCUT2D eigenvalue weighted by atomic mass is 9.89. The fourth-order valence-corrected chi connectivity index (χ4v) is 5.87. The molecule has 2 N–H and O–H groups in total. The van der Waals surface area contributed by atoms with Crippen molar-refractivity contribution >= 4 is 21.6 Å². The van der Waals surface area contributed by atoms with E-state index < -0.39 is 22.6 Å². The van der Waals surface area contributed by atoms with E-state index in [2.05, 4.69) is 25.5 Å². The Balaban J connectivity index is 1.67. The second-order valence-electron chi connectivity index (χ2n) is 9.68. The minimum Gasteiger partial charge on any atom is -0.496 e. The van der Waals surface area contributed by atoms with Gasteiger partial charge in [-0.2, -0.15) is 18.3 Å². The number of aryl methyl sites for hydroxylation is 1. The lowest BCUT2D eigenvalue weighted by Gasteiger charge is -2.27. The van der Waals surface area contributed by atoms with Crippen LogP contribution in [-0.2, 0) is 21.1 Å². The third kappa shape index (κ3) is 8.31. The Morgan fingerprint density at radius 3 is 2.51 bits per heavy atom. The van der Waals surface area contributed by atoms with Crippen LogP contribution in [0.25, 0.3) is 11.3 Å². The number of aromatic nitrogens is 3. The van der Waals surface area contributed by atoms with Crippen LogP contribution in [0, 0.1) is 12.8 Å². The van der Waals surface area contributed by atoms with Crippen LogP contribution < -0.4 is 15.4 Å². The highest BCUT2D eigenvalue weighted by Gasteiger charge is 2.29. The van der Waals surface area contributed by atoms with Crippen LogP contribution in [0.2, 0.25) is 0 Å². The number of amides is 1. The molecule has 0 unspecified atom stereocenters. The molecule has 1 saturated carbocycles. The van der Waals surface area contributed by atoms with Crippen LogP contribution in [0.3, 0.4) is 0 Å². The molecule has 39 heavy (non-hydrogen) atoms. The molecular weight excluding hydrogens is 539 g/mol. The molecule has 10 nitrogen and oxygen atoms in total. The van der Waals surface area contributed by atoms with Crippen LogP contribution >= 0.6 is 0 Å². The normalized spacial score (nSPS) is 18.1. The lowest BCUT2D eigenvalue weighted by molar-refractivity contribution is -0.172. The van der Waals surface area contributed by atoms with Gasteiger partial charge < -0.3 is 20.1 Å². The number of carbonyl (C=O) groups excluding carboxylic acids is 1. The Hall–Kier alpha value is -2.87. The van der Waals surface area contributed by atoms with E-state index in [9.17, 15) is 26.4 Å². The highest BCUT2D eigenvalue weighted by molar-refractivity contribution is 7.91. The summed E-state index contributed by atoms with van der Waals surface area (Å²) in [4.78, 5) is 17.4. The number of ether oxygens (including phenoxy) is 2. The number of hydrogen-bond donors (Lipinski definition) is 2. The number of nitrogens with zero attached hydrogens (tertiary/aromatic N) is 3. The first-order valence-corrected chi connectivity index (χ1v) is 14.8. The number of alkyl halides is 3. The monoisotopic (exact) mass is 575 g/mol. The van der Waals surface area contributed by atoms with Gasteiger partial charge in [-0.1, -0.05) is 0 Å². The van der Waals surface area contributed by atoms with Gasteiger partial charge in [-0.25, -0.2) is 13.4 Å². The number of carbonyl (C=O) groups is 1. The number of nitrogens with one attached hydrogen (secondary N) is 2. The van der Waals surface area contributed by atoms with Crippen molar-refractivity contribution in [3.63, 3.8) is 0 Å². The predicted molar refractivity (Wildman–Crippen MR) is 141 cm³/mol. The van der Waals surface area contributed by atoms with Crippen molar-refractivity contribution in [2.45, 2.75) is 57.5 Å².